The average Bonchev–Trinajstić information content (AvgIpc) is 3.05. The molecule has 1 heterocycles. The largest absolute Gasteiger partial charge is 0.459 e. The predicted molar refractivity (Wildman–Crippen MR) is 85.5 cm³/mol. The smallest absolute Gasteiger partial charge is 0.416 e. The summed E-state index contributed by atoms with van der Waals surface area (Å²) in [6.45, 7) is 1.15. The molecule has 1 aromatic heterocycles. The number of hydrogen-bond acceptors (Lipinski definition) is 3. The first-order chi connectivity index (χ1) is 11.7. The highest BCUT2D eigenvalue weighted by Crippen LogP contribution is 2.35. The van der Waals surface area contributed by atoms with Gasteiger partial charge in [0.15, 0.2) is 5.76 Å². The van der Waals surface area contributed by atoms with Crippen LogP contribution in [0, 0.1) is 0 Å². The number of anilines is 1. The number of amides is 2. The van der Waals surface area contributed by atoms with E-state index in [0.29, 0.717) is 0 Å². The summed E-state index contributed by atoms with van der Waals surface area (Å²) in [6, 6.07) is 5.72. The fraction of sp³-hybridized carbons (Fsp3) is 0.250. The molecule has 9 heteroatoms. The van der Waals surface area contributed by atoms with E-state index < -0.39 is 23.6 Å². The number of alkyl halides is 3. The Kier molecular flexibility index (Phi) is 5.73. The molecule has 0 aliphatic carbocycles. The van der Waals surface area contributed by atoms with Gasteiger partial charge in [-0.05, 0) is 30.3 Å². The van der Waals surface area contributed by atoms with Crippen molar-refractivity contribution in [1.82, 2.24) is 5.32 Å². The van der Waals surface area contributed by atoms with Gasteiger partial charge in [-0.3, -0.25) is 9.59 Å². The molecule has 1 N–H and O–H groups in total. The fourth-order valence-electron chi connectivity index (χ4n) is 2.12. The molecule has 2 aromatic rings. The van der Waals surface area contributed by atoms with E-state index in [-0.39, 0.29) is 29.6 Å². The Balaban J connectivity index is 2.13. The third-order valence-corrected chi connectivity index (χ3v) is 3.63. The van der Waals surface area contributed by atoms with Gasteiger partial charge in [0, 0.05) is 20.0 Å². The van der Waals surface area contributed by atoms with Gasteiger partial charge in [-0.15, -0.1) is 0 Å². The molecule has 0 saturated heterocycles. The van der Waals surface area contributed by atoms with Crippen molar-refractivity contribution in [2.24, 2.45) is 0 Å². The van der Waals surface area contributed by atoms with E-state index in [4.69, 9.17) is 16.0 Å². The van der Waals surface area contributed by atoms with Crippen molar-refractivity contribution < 1.29 is 27.2 Å². The van der Waals surface area contributed by atoms with Crippen molar-refractivity contribution in [2.75, 3.05) is 18.0 Å². The van der Waals surface area contributed by atoms with Crippen molar-refractivity contribution >= 4 is 29.1 Å². The maximum Gasteiger partial charge on any atom is 0.416 e. The minimum atomic E-state index is -4.56. The zero-order valence-corrected chi connectivity index (χ0v) is 13.8. The summed E-state index contributed by atoms with van der Waals surface area (Å²) in [4.78, 5) is 24.6. The van der Waals surface area contributed by atoms with Gasteiger partial charge in [-0.25, -0.2) is 0 Å². The Morgan fingerprint density at radius 2 is 2.00 bits per heavy atom. The molecule has 2 amide bonds. The van der Waals surface area contributed by atoms with Crippen LogP contribution in [-0.4, -0.2) is 24.9 Å². The Hall–Kier alpha value is -2.48. The molecular weight excluding hydrogens is 361 g/mol. The van der Waals surface area contributed by atoms with Crippen LogP contribution >= 0.6 is 11.6 Å². The number of carbonyl (C=O) groups is 2. The first-order valence-corrected chi connectivity index (χ1v) is 7.54. The second-order valence-corrected chi connectivity index (χ2v) is 5.48. The monoisotopic (exact) mass is 374 g/mol. The minimum Gasteiger partial charge on any atom is -0.459 e. The van der Waals surface area contributed by atoms with Gasteiger partial charge in [-0.2, -0.15) is 13.2 Å². The Labute approximate surface area is 146 Å². The molecule has 0 unspecified atom stereocenters. The summed E-state index contributed by atoms with van der Waals surface area (Å²) < 4.78 is 43.5. The van der Waals surface area contributed by atoms with Crippen molar-refractivity contribution in [3.05, 3.63) is 52.9 Å². The number of benzene rings is 1. The van der Waals surface area contributed by atoms with E-state index in [1.54, 1.807) is 6.07 Å². The third kappa shape index (κ3) is 4.76. The highest BCUT2D eigenvalue weighted by Gasteiger charge is 2.32. The predicted octanol–water partition coefficient (Wildman–Crippen LogP) is 3.73. The SMILES string of the molecule is CC(=O)N(CCNC(=O)c1ccco1)c1cc(C(F)(F)F)ccc1Cl. The number of halogens is 4. The number of carbonyl (C=O) groups excluding carboxylic acids is 2. The molecule has 134 valence electrons. The Bertz CT molecular complexity index is 760. The lowest BCUT2D eigenvalue weighted by Crippen LogP contribution is -2.37. The van der Waals surface area contributed by atoms with Crippen LogP contribution in [0.3, 0.4) is 0 Å². The molecule has 0 fully saturated rings. The summed E-state index contributed by atoms with van der Waals surface area (Å²) in [7, 11) is 0. The van der Waals surface area contributed by atoms with Crippen molar-refractivity contribution in [1.29, 1.82) is 0 Å². The van der Waals surface area contributed by atoms with E-state index in [2.05, 4.69) is 5.32 Å². The van der Waals surface area contributed by atoms with Crippen molar-refractivity contribution in [2.45, 2.75) is 13.1 Å². The fourth-order valence-corrected chi connectivity index (χ4v) is 2.34. The van der Waals surface area contributed by atoms with E-state index in [0.717, 1.165) is 23.1 Å². The molecular formula is C16H14ClF3N2O3. The standard InChI is InChI=1S/C16H14ClF3N2O3/c1-10(23)22(7-6-21-15(24)14-3-2-8-25-14)13-9-11(16(18,19)20)4-5-12(13)17/h2-5,8-9H,6-7H2,1H3,(H,21,24). The molecule has 0 radical (unpaired) electrons. The molecule has 0 saturated carbocycles. The molecule has 0 spiro atoms. The first-order valence-electron chi connectivity index (χ1n) is 7.16. The topological polar surface area (TPSA) is 62.6 Å². The van der Waals surface area contributed by atoms with E-state index >= 15 is 0 Å². The summed E-state index contributed by atoms with van der Waals surface area (Å²) in [6.07, 6.45) is -3.23. The number of furan rings is 1. The van der Waals surface area contributed by atoms with E-state index in [1.807, 2.05) is 0 Å². The van der Waals surface area contributed by atoms with Gasteiger partial charge in [-0.1, -0.05) is 11.6 Å². The van der Waals surface area contributed by atoms with Gasteiger partial charge in [0.05, 0.1) is 22.5 Å². The zero-order chi connectivity index (χ0) is 18.6. The van der Waals surface area contributed by atoms with Gasteiger partial charge in [0.25, 0.3) is 5.91 Å². The van der Waals surface area contributed by atoms with Crippen LogP contribution in [0.2, 0.25) is 5.02 Å². The van der Waals surface area contributed by atoms with E-state index in [1.165, 1.54) is 19.3 Å². The lowest BCUT2D eigenvalue weighted by molar-refractivity contribution is -0.137. The first kappa shape index (κ1) is 18.9. The Morgan fingerprint density at radius 3 is 2.56 bits per heavy atom. The second-order valence-electron chi connectivity index (χ2n) is 5.07. The number of nitrogens with zero attached hydrogens (tertiary/aromatic N) is 1. The van der Waals surface area contributed by atoms with Crippen LogP contribution in [0.15, 0.2) is 41.0 Å². The van der Waals surface area contributed by atoms with E-state index in [9.17, 15) is 22.8 Å². The van der Waals surface area contributed by atoms with Crippen molar-refractivity contribution in [3.8, 4) is 0 Å². The molecule has 0 bridgehead atoms. The lowest BCUT2D eigenvalue weighted by Gasteiger charge is -2.23. The Morgan fingerprint density at radius 1 is 1.28 bits per heavy atom. The quantitative estimate of drug-likeness (QED) is 0.867. The lowest BCUT2D eigenvalue weighted by atomic mass is 10.1. The van der Waals surface area contributed by atoms with Crippen LogP contribution in [0.25, 0.3) is 0 Å². The number of hydrogen-bond donors (Lipinski definition) is 1. The molecule has 0 aliphatic heterocycles. The maximum atomic E-state index is 12.9. The van der Waals surface area contributed by atoms with Crippen LogP contribution in [-0.2, 0) is 11.0 Å². The molecule has 0 aliphatic rings. The van der Waals surface area contributed by atoms with Crippen molar-refractivity contribution in [3.63, 3.8) is 0 Å². The molecule has 25 heavy (non-hydrogen) atoms. The molecule has 2 rings (SSSR count). The minimum absolute atomic E-state index is 0.000520. The normalized spacial score (nSPS) is 11.2. The number of rotatable bonds is 5. The van der Waals surface area contributed by atoms with Crippen LogP contribution < -0.4 is 10.2 Å². The summed E-state index contributed by atoms with van der Waals surface area (Å²) >= 11 is 5.94. The van der Waals surface area contributed by atoms with Crippen LogP contribution in [0.4, 0.5) is 18.9 Å². The van der Waals surface area contributed by atoms with Gasteiger partial charge in [0.2, 0.25) is 5.91 Å². The maximum absolute atomic E-state index is 12.9. The summed E-state index contributed by atoms with van der Waals surface area (Å²) in [5, 5.41) is 2.51. The average molecular weight is 375 g/mol. The molecule has 5 nitrogen and oxygen atoms in total. The van der Waals surface area contributed by atoms with Crippen LogP contribution in [0.1, 0.15) is 23.0 Å². The molecule has 0 atom stereocenters. The third-order valence-electron chi connectivity index (χ3n) is 3.31. The highest BCUT2D eigenvalue weighted by atomic mass is 35.5. The van der Waals surface area contributed by atoms with Crippen LogP contribution in [0.5, 0.6) is 0 Å². The van der Waals surface area contributed by atoms with Gasteiger partial charge < -0.3 is 14.6 Å². The highest BCUT2D eigenvalue weighted by molar-refractivity contribution is 6.33. The molecule has 1 aromatic carbocycles. The van der Waals surface area contributed by atoms with Gasteiger partial charge in [0.1, 0.15) is 0 Å². The second kappa shape index (κ2) is 7.60. The number of nitrogens with one attached hydrogen (secondary N) is 1. The zero-order valence-electron chi connectivity index (χ0n) is 13.1. The van der Waals surface area contributed by atoms with Gasteiger partial charge >= 0.3 is 6.18 Å². The summed E-state index contributed by atoms with van der Waals surface area (Å²) in [5.41, 5.74) is -0.992. The summed E-state index contributed by atoms with van der Waals surface area (Å²) in [5.74, 6) is -0.913.